The zero-order valence-electron chi connectivity index (χ0n) is 20.3. The van der Waals surface area contributed by atoms with E-state index in [1.165, 1.54) is 12.1 Å². The Hall–Kier alpha value is -3.67. The van der Waals surface area contributed by atoms with Crippen LogP contribution in [0.1, 0.15) is 56.2 Å². The minimum absolute atomic E-state index is 0.0611. The van der Waals surface area contributed by atoms with Gasteiger partial charge in [0.1, 0.15) is 18.0 Å². The first kappa shape index (κ1) is 24.5. The summed E-state index contributed by atoms with van der Waals surface area (Å²) in [5.74, 6) is -0.811. The quantitative estimate of drug-likeness (QED) is 0.380. The number of fused-ring (bicyclic) bond motifs is 3. The minimum Gasteiger partial charge on any atom is -0.460 e. The molecule has 1 N–H and O–H groups in total. The number of ether oxygens (including phenoxy) is 2. The number of esters is 1. The summed E-state index contributed by atoms with van der Waals surface area (Å²) >= 11 is 0. The molecular formula is C29H30FNO4. The maximum Gasteiger partial charge on any atom is 0.411 e. The molecule has 35 heavy (non-hydrogen) atoms. The summed E-state index contributed by atoms with van der Waals surface area (Å²) < 4.78 is 24.9. The van der Waals surface area contributed by atoms with E-state index in [1.807, 2.05) is 45.0 Å². The van der Waals surface area contributed by atoms with Crippen LogP contribution in [-0.4, -0.2) is 24.3 Å². The van der Waals surface area contributed by atoms with Gasteiger partial charge in [0.2, 0.25) is 0 Å². The van der Waals surface area contributed by atoms with E-state index in [4.69, 9.17) is 9.47 Å². The lowest BCUT2D eigenvalue weighted by Crippen LogP contribution is -2.23. The zero-order valence-corrected chi connectivity index (χ0v) is 20.3. The number of carbonyl (C=O) groups excluding carboxylic acids is 2. The van der Waals surface area contributed by atoms with E-state index in [0.717, 1.165) is 27.8 Å². The molecule has 182 valence electrons. The fourth-order valence-electron chi connectivity index (χ4n) is 4.44. The number of rotatable bonds is 7. The molecule has 0 radical (unpaired) electrons. The predicted molar refractivity (Wildman–Crippen MR) is 134 cm³/mol. The Balaban J connectivity index is 1.38. The van der Waals surface area contributed by atoms with Crippen LogP contribution < -0.4 is 5.32 Å². The van der Waals surface area contributed by atoms with Crippen molar-refractivity contribution in [3.05, 3.63) is 89.2 Å². The SMILES string of the molecule is CC(C)(C)OC(=O)CCCc1ccc(F)cc1NC(=O)OCC1c2ccccc2-c2ccccc21. The lowest BCUT2D eigenvalue weighted by atomic mass is 9.98. The molecule has 6 heteroatoms. The number of hydrogen-bond acceptors (Lipinski definition) is 4. The van der Waals surface area contributed by atoms with Gasteiger partial charge in [-0.25, -0.2) is 9.18 Å². The van der Waals surface area contributed by atoms with Gasteiger partial charge in [0.15, 0.2) is 0 Å². The van der Waals surface area contributed by atoms with Gasteiger partial charge in [-0.05, 0) is 73.6 Å². The fourth-order valence-corrected chi connectivity index (χ4v) is 4.44. The van der Waals surface area contributed by atoms with Gasteiger partial charge >= 0.3 is 12.1 Å². The first-order chi connectivity index (χ1) is 16.7. The van der Waals surface area contributed by atoms with E-state index >= 15 is 0 Å². The molecule has 0 bridgehead atoms. The van der Waals surface area contributed by atoms with Gasteiger partial charge in [-0.1, -0.05) is 54.6 Å². The first-order valence-corrected chi connectivity index (χ1v) is 11.8. The van der Waals surface area contributed by atoms with Crippen LogP contribution >= 0.6 is 0 Å². The second-order valence-electron chi connectivity index (χ2n) is 9.69. The summed E-state index contributed by atoms with van der Waals surface area (Å²) in [6.07, 6.45) is 0.586. The predicted octanol–water partition coefficient (Wildman–Crippen LogP) is 6.85. The van der Waals surface area contributed by atoms with Crippen LogP contribution in [0.3, 0.4) is 0 Å². The summed E-state index contributed by atoms with van der Waals surface area (Å²) in [7, 11) is 0. The zero-order chi connectivity index (χ0) is 25.0. The van der Waals surface area contributed by atoms with Gasteiger partial charge in [-0.15, -0.1) is 0 Å². The molecule has 0 saturated carbocycles. The Labute approximate surface area is 205 Å². The second-order valence-corrected chi connectivity index (χ2v) is 9.69. The molecule has 0 aromatic heterocycles. The van der Waals surface area contributed by atoms with Crippen molar-refractivity contribution in [1.29, 1.82) is 0 Å². The van der Waals surface area contributed by atoms with E-state index < -0.39 is 17.5 Å². The Morgan fingerprint density at radius 2 is 1.57 bits per heavy atom. The highest BCUT2D eigenvalue weighted by molar-refractivity contribution is 5.86. The van der Waals surface area contributed by atoms with Crippen molar-refractivity contribution in [3.63, 3.8) is 0 Å². The second kappa shape index (κ2) is 10.3. The number of amides is 1. The molecule has 0 aliphatic heterocycles. The van der Waals surface area contributed by atoms with Crippen LogP contribution in [-0.2, 0) is 20.7 Å². The summed E-state index contributed by atoms with van der Waals surface area (Å²) in [5, 5.41) is 2.68. The standard InChI is InChI=1S/C29H30FNO4/c1-29(2,3)35-27(32)14-8-9-19-15-16-20(30)17-26(19)31-28(33)34-18-25-23-12-6-4-10-21(23)22-11-5-7-13-24(22)25/h4-7,10-13,15-17,25H,8-9,14,18H2,1-3H3,(H,31,33). The molecule has 0 spiro atoms. The van der Waals surface area contributed by atoms with Crippen molar-refractivity contribution in [2.75, 3.05) is 11.9 Å². The maximum absolute atomic E-state index is 13.9. The monoisotopic (exact) mass is 475 g/mol. The summed E-state index contributed by atoms with van der Waals surface area (Å²) in [5.41, 5.74) is 5.06. The van der Waals surface area contributed by atoms with Crippen LogP contribution in [0.25, 0.3) is 11.1 Å². The van der Waals surface area contributed by atoms with Gasteiger partial charge in [-0.2, -0.15) is 0 Å². The van der Waals surface area contributed by atoms with Crippen molar-refractivity contribution in [2.45, 2.75) is 51.6 Å². The van der Waals surface area contributed by atoms with Gasteiger partial charge in [0.05, 0.1) is 5.69 Å². The number of hydrogen-bond donors (Lipinski definition) is 1. The van der Waals surface area contributed by atoms with Gasteiger partial charge in [-0.3, -0.25) is 10.1 Å². The van der Waals surface area contributed by atoms with E-state index in [0.29, 0.717) is 18.5 Å². The third-order valence-corrected chi connectivity index (χ3v) is 5.90. The van der Waals surface area contributed by atoms with Crippen LogP contribution in [0.2, 0.25) is 0 Å². The number of carbonyl (C=O) groups is 2. The Morgan fingerprint density at radius 1 is 0.943 bits per heavy atom. The number of halogens is 1. The normalized spacial score (nSPS) is 12.6. The number of nitrogens with one attached hydrogen (secondary N) is 1. The third-order valence-electron chi connectivity index (χ3n) is 5.90. The summed E-state index contributed by atoms with van der Waals surface area (Å²) in [6.45, 7) is 5.63. The molecule has 0 unspecified atom stereocenters. The molecule has 0 saturated heterocycles. The van der Waals surface area contributed by atoms with Gasteiger partial charge in [0, 0.05) is 12.3 Å². The van der Waals surface area contributed by atoms with Crippen molar-refractivity contribution in [3.8, 4) is 11.1 Å². The lowest BCUT2D eigenvalue weighted by Gasteiger charge is -2.19. The van der Waals surface area contributed by atoms with Crippen LogP contribution in [0.4, 0.5) is 14.9 Å². The van der Waals surface area contributed by atoms with Gasteiger partial charge < -0.3 is 9.47 Å². The number of aryl methyl sites for hydroxylation is 1. The minimum atomic E-state index is -0.647. The average Bonchev–Trinajstić information content (AvgIpc) is 3.12. The Kier molecular flexibility index (Phi) is 7.20. The van der Waals surface area contributed by atoms with Crippen molar-refractivity contribution >= 4 is 17.7 Å². The average molecular weight is 476 g/mol. The van der Waals surface area contributed by atoms with E-state index in [9.17, 15) is 14.0 Å². The van der Waals surface area contributed by atoms with Crippen molar-refractivity contribution < 1.29 is 23.5 Å². The largest absolute Gasteiger partial charge is 0.460 e. The molecular weight excluding hydrogens is 445 g/mol. The topological polar surface area (TPSA) is 64.6 Å². The number of benzene rings is 3. The van der Waals surface area contributed by atoms with Crippen LogP contribution in [0, 0.1) is 5.82 Å². The number of anilines is 1. The molecule has 5 nitrogen and oxygen atoms in total. The molecule has 3 aromatic carbocycles. The Bertz CT molecular complexity index is 1190. The molecule has 0 heterocycles. The summed E-state index contributed by atoms with van der Waals surface area (Å²) in [4.78, 5) is 24.6. The molecule has 1 aliphatic carbocycles. The highest BCUT2D eigenvalue weighted by Gasteiger charge is 2.29. The maximum atomic E-state index is 13.9. The molecule has 0 fully saturated rings. The van der Waals surface area contributed by atoms with E-state index in [1.54, 1.807) is 6.07 Å². The summed E-state index contributed by atoms with van der Waals surface area (Å²) in [6, 6.07) is 20.4. The Morgan fingerprint density at radius 3 is 2.20 bits per heavy atom. The van der Waals surface area contributed by atoms with Crippen LogP contribution in [0.5, 0.6) is 0 Å². The van der Waals surface area contributed by atoms with E-state index in [-0.39, 0.29) is 24.9 Å². The highest BCUT2D eigenvalue weighted by atomic mass is 19.1. The first-order valence-electron chi connectivity index (χ1n) is 11.8. The van der Waals surface area contributed by atoms with Crippen LogP contribution in [0.15, 0.2) is 66.7 Å². The van der Waals surface area contributed by atoms with Gasteiger partial charge in [0.25, 0.3) is 0 Å². The molecule has 4 rings (SSSR count). The highest BCUT2D eigenvalue weighted by Crippen LogP contribution is 2.44. The molecule has 3 aromatic rings. The lowest BCUT2D eigenvalue weighted by molar-refractivity contribution is -0.154. The molecule has 0 atom stereocenters. The molecule has 1 amide bonds. The smallest absolute Gasteiger partial charge is 0.411 e. The van der Waals surface area contributed by atoms with Crippen molar-refractivity contribution in [1.82, 2.24) is 0 Å². The fraction of sp³-hybridized carbons (Fsp3) is 0.310. The van der Waals surface area contributed by atoms with Crippen molar-refractivity contribution in [2.24, 2.45) is 0 Å². The third kappa shape index (κ3) is 6.07. The molecule has 1 aliphatic rings. The van der Waals surface area contributed by atoms with E-state index in [2.05, 4.69) is 29.6 Å².